The van der Waals surface area contributed by atoms with Crippen LogP contribution in [0.5, 0.6) is 11.5 Å². The van der Waals surface area contributed by atoms with Gasteiger partial charge in [-0.15, -0.1) is 0 Å². The molecule has 1 aliphatic heterocycles. The summed E-state index contributed by atoms with van der Waals surface area (Å²) in [5.41, 5.74) is 5.43. The lowest BCUT2D eigenvalue weighted by molar-refractivity contribution is 0.174. The van der Waals surface area contributed by atoms with Crippen molar-refractivity contribution < 1.29 is 9.47 Å². The molecule has 0 unspecified atom stereocenters. The predicted octanol–water partition coefficient (Wildman–Crippen LogP) is 4.49. The molecule has 3 aromatic rings. The number of ether oxygens (including phenoxy) is 2. The molecular formula is C21H22N4O2. The lowest BCUT2D eigenvalue weighted by Gasteiger charge is -2.12. The molecule has 0 spiro atoms. The Morgan fingerprint density at radius 3 is 2.70 bits per heavy atom. The molecule has 2 aromatic carbocycles. The fraction of sp³-hybridized carbons (Fsp3) is 0.238. The van der Waals surface area contributed by atoms with Crippen LogP contribution in [0.4, 0.5) is 17.5 Å². The Bertz CT molecular complexity index is 988. The first-order valence-corrected chi connectivity index (χ1v) is 8.90. The molecule has 6 nitrogen and oxygen atoms in total. The summed E-state index contributed by atoms with van der Waals surface area (Å²) in [6.45, 7) is 7.06. The van der Waals surface area contributed by atoms with E-state index < -0.39 is 0 Å². The van der Waals surface area contributed by atoms with E-state index >= 15 is 0 Å². The predicted molar refractivity (Wildman–Crippen MR) is 106 cm³/mol. The highest BCUT2D eigenvalue weighted by Gasteiger charge is 2.13. The molecule has 0 saturated carbocycles. The fourth-order valence-electron chi connectivity index (χ4n) is 2.97. The van der Waals surface area contributed by atoms with Gasteiger partial charge in [0, 0.05) is 24.0 Å². The van der Waals surface area contributed by atoms with Crippen LogP contribution in [0.2, 0.25) is 0 Å². The Balaban J connectivity index is 1.49. The third-order valence-electron chi connectivity index (χ3n) is 4.62. The van der Waals surface area contributed by atoms with Crippen molar-refractivity contribution in [1.29, 1.82) is 0 Å². The van der Waals surface area contributed by atoms with Crippen molar-refractivity contribution in [3.05, 3.63) is 64.8 Å². The van der Waals surface area contributed by atoms with Crippen molar-refractivity contribution in [2.75, 3.05) is 17.4 Å². The number of fused-ring (bicyclic) bond motifs is 1. The first kappa shape index (κ1) is 17.1. The van der Waals surface area contributed by atoms with E-state index in [0.717, 1.165) is 34.3 Å². The zero-order valence-electron chi connectivity index (χ0n) is 15.7. The first-order valence-electron chi connectivity index (χ1n) is 8.90. The lowest BCUT2D eigenvalue weighted by Crippen LogP contribution is -2.06. The van der Waals surface area contributed by atoms with Crippen molar-refractivity contribution in [1.82, 2.24) is 9.97 Å². The third-order valence-corrected chi connectivity index (χ3v) is 4.62. The van der Waals surface area contributed by atoms with Crippen molar-refractivity contribution in [2.24, 2.45) is 0 Å². The van der Waals surface area contributed by atoms with Gasteiger partial charge in [-0.2, -0.15) is 4.98 Å². The zero-order chi connectivity index (χ0) is 18.8. The van der Waals surface area contributed by atoms with Crippen molar-refractivity contribution in [2.45, 2.75) is 27.3 Å². The molecule has 6 heteroatoms. The molecule has 138 valence electrons. The monoisotopic (exact) mass is 362 g/mol. The summed E-state index contributed by atoms with van der Waals surface area (Å²) in [4.78, 5) is 9.10. The van der Waals surface area contributed by atoms with Gasteiger partial charge in [-0.1, -0.05) is 18.2 Å². The summed E-state index contributed by atoms with van der Waals surface area (Å²) in [6.07, 6.45) is 0. The molecule has 4 rings (SSSR count). The Labute approximate surface area is 158 Å². The van der Waals surface area contributed by atoms with Crippen LogP contribution in [0.1, 0.15) is 22.4 Å². The van der Waals surface area contributed by atoms with Crippen LogP contribution in [0.3, 0.4) is 0 Å². The average molecular weight is 362 g/mol. The maximum atomic E-state index is 5.43. The molecule has 27 heavy (non-hydrogen) atoms. The zero-order valence-corrected chi connectivity index (χ0v) is 15.7. The lowest BCUT2D eigenvalue weighted by atomic mass is 10.1. The molecule has 1 aliphatic rings. The summed E-state index contributed by atoms with van der Waals surface area (Å²) < 4.78 is 10.8. The molecule has 0 bridgehead atoms. The van der Waals surface area contributed by atoms with Crippen LogP contribution in [0.25, 0.3) is 0 Å². The molecule has 0 saturated heterocycles. The minimum Gasteiger partial charge on any atom is -0.454 e. The summed E-state index contributed by atoms with van der Waals surface area (Å²) in [5.74, 6) is 2.92. The molecule has 0 aliphatic carbocycles. The van der Waals surface area contributed by atoms with E-state index in [9.17, 15) is 0 Å². The maximum absolute atomic E-state index is 5.43. The summed E-state index contributed by atoms with van der Waals surface area (Å²) in [7, 11) is 0. The van der Waals surface area contributed by atoms with E-state index in [0.29, 0.717) is 12.5 Å². The van der Waals surface area contributed by atoms with Crippen LogP contribution in [-0.4, -0.2) is 16.8 Å². The molecule has 2 N–H and O–H groups in total. The normalized spacial score (nSPS) is 12.1. The molecule has 0 amide bonds. The van der Waals surface area contributed by atoms with E-state index in [4.69, 9.17) is 9.47 Å². The standard InChI is InChI=1S/C21H22N4O2/c1-13-5-4-6-17(15(13)3)24-21-23-14(2)9-20(25-21)22-11-16-7-8-18-19(10-16)27-12-26-18/h4-10H,11-12H2,1-3H3,(H2,22,23,24,25). The van der Waals surface area contributed by atoms with Gasteiger partial charge in [-0.05, 0) is 55.7 Å². The number of hydrogen-bond donors (Lipinski definition) is 2. The molecule has 2 heterocycles. The Morgan fingerprint density at radius 2 is 1.81 bits per heavy atom. The topological polar surface area (TPSA) is 68.3 Å². The Kier molecular flexibility index (Phi) is 4.54. The summed E-state index contributed by atoms with van der Waals surface area (Å²) >= 11 is 0. The second kappa shape index (κ2) is 7.15. The van der Waals surface area contributed by atoms with E-state index in [1.807, 2.05) is 43.3 Å². The first-order chi connectivity index (χ1) is 13.1. The number of aryl methyl sites for hydroxylation is 2. The third kappa shape index (κ3) is 3.79. The van der Waals surface area contributed by atoms with Gasteiger partial charge in [0.15, 0.2) is 11.5 Å². The highest BCUT2D eigenvalue weighted by Crippen LogP contribution is 2.32. The van der Waals surface area contributed by atoms with Gasteiger partial charge in [-0.25, -0.2) is 4.98 Å². The highest BCUT2D eigenvalue weighted by atomic mass is 16.7. The van der Waals surface area contributed by atoms with Gasteiger partial charge >= 0.3 is 0 Å². The van der Waals surface area contributed by atoms with Crippen LogP contribution in [-0.2, 0) is 6.54 Å². The van der Waals surface area contributed by atoms with Crippen molar-refractivity contribution in [3.8, 4) is 11.5 Å². The van der Waals surface area contributed by atoms with Crippen LogP contribution in [0, 0.1) is 20.8 Å². The van der Waals surface area contributed by atoms with Crippen LogP contribution < -0.4 is 20.1 Å². The average Bonchev–Trinajstić information content (AvgIpc) is 3.11. The SMILES string of the molecule is Cc1cc(NCc2ccc3c(c2)OCO3)nc(Nc2cccc(C)c2C)n1. The number of aromatic nitrogens is 2. The highest BCUT2D eigenvalue weighted by molar-refractivity contribution is 5.61. The van der Waals surface area contributed by atoms with Gasteiger partial charge in [-0.3, -0.25) is 0 Å². The van der Waals surface area contributed by atoms with Crippen molar-refractivity contribution >= 4 is 17.5 Å². The largest absolute Gasteiger partial charge is 0.454 e. The number of hydrogen-bond acceptors (Lipinski definition) is 6. The summed E-state index contributed by atoms with van der Waals surface area (Å²) in [6, 6.07) is 14.0. The second-order valence-electron chi connectivity index (χ2n) is 6.63. The second-order valence-corrected chi connectivity index (χ2v) is 6.63. The maximum Gasteiger partial charge on any atom is 0.231 e. The van der Waals surface area contributed by atoms with E-state index in [1.165, 1.54) is 11.1 Å². The van der Waals surface area contributed by atoms with E-state index in [1.54, 1.807) is 0 Å². The molecule has 1 aromatic heterocycles. The van der Waals surface area contributed by atoms with Crippen LogP contribution >= 0.6 is 0 Å². The van der Waals surface area contributed by atoms with Crippen LogP contribution in [0.15, 0.2) is 42.5 Å². The quantitative estimate of drug-likeness (QED) is 0.697. The summed E-state index contributed by atoms with van der Waals surface area (Å²) in [5, 5.41) is 6.69. The van der Waals surface area contributed by atoms with E-state index in [2.05, 4.69) is 40.5 Å². The number of anilines is 3. The molecule has 0 radical (unpaired) electrons. The molecular weight excluding hydrogens is 340 g/mol. The van der Waals surface area contributed by atoms with Gasteiger partial charge in [0.05, 0.1) is 0 Å². The smallest absolute Gasteiger partial charge is 0.231 e. The van der Waals surface area contributed by atoms with Gasteiger partial charge in [0.1, 0.15) is 5.82 Å². The number of nitrogens with zero attached hydrogens (tertiary/aromatic N) is 2. The number of benzene rings is 2. The molecule has 0 fully saturated rings. The van der Waals surface area contributed by atoms with Gasteiger partial charge in [0.25, 0.3) is 0 Å². The Hall–Kier alpha value is -3.28. The minimum absolute atomic E-state index is 0.282. The van der Waals surface area contributed by atoms with Gasteiger partial charge in [0.2, 0.25) is 12.7 Å². The Morgan fingerprint density at radius 1 is 0.963 bits per heavy atom. The van der Waals surface area contributed by atoms with Crippen molar-refractivity contribution in [3.63, 3.8) is 0 Å². The fourth-order valence-corrected chi connectivity index (χ4v) is 2.97. The minimum atomic E-state index is 0.282. The number of nitrogens with one attached hydrogen (secondary N) is 2. The molecule has 0 atom stereocenters. The van der Waals surface area contributed by atoms with E-state index in [-0.39, 0.29) is 6.79 Å². The number of rotatable bonds is 5. The van der Waals surface area contributed by atoms with Gasteiger partial charge < -0.3 is 20.1 Å².